The summed E-state index contributed by atoms with van der Waals surface area (Å²) in [6.07, 6.45) is 0.458. The van der Waals surface area contributed by atoms with Gasteiger partial charge in [0.2, 0.25) is 5.91 Å². The van der Waals surface area contributed by atoms with E-state index >= 15 is 0 Å². The largest absolute Gasteiger partial charge is 0.491 e. The molecule has 1 aromatic carbocycles. The molecule has 0 aromatic heterocycles. The average Bonchev–Trinajstić information content (AvgIpc) is 2.41. The maximum Gasteiger partial charge on any atom is 0.225 e. The minimum absolute atomic E-state index is 0.00602. The van der Waals surface area contributed by atoms with Crippen LogP contribution in [0.1, 0.15) is 20.3 Å². The molecule has 0 fully saturated rings. The maximum atomic E-state index is 11.8. The van der Waals surface area contributed by atoms with Crippen LogP contribution in [0.25, 0.3) is 0 Å². The van der Waals surface area contributed by atoms with Crippen LogP contribution in [-0.2, 0) is 9.53 Å². The van der Waals surface area contributed by atoms with Gasteiger partial charge in [-0.05, 0) is 37.7 Å². The maximum absolute atomic E-state index is 11.8. The zero-order valence-electron chi connectivity index (χ0n) is 12.4. The number of amides is 1. The van der Waals surface area contributed by atoms with Crippen LogP contribution < -0.4 is 15.4 Å². The fraction of sp³-hybridized carbons (Fsp3) is 0.533. The number of ether oxygens (including phenoxy) is 2. The Morgan fingerprint density at radius 1 is 1.25 bits per heavy atom. The molecule has 0 aliphatic rings. The van der Waals surface area contributed by atoms with E-state index < -0.39 is 0 Å². The lowest BCUT2D eigenvalue weighted by molar-refractivity contribution is -0.116. The number of nitrogens with one attached hydrogen (secondary N) is 2. The lowest BCUT2D eigenvalue weighted by Crippen LogP contribution is -2.30. The van der Waals surface area contributed by atoms with E-state index in [1.54, 1.807) is 7.11 Å². The summed E-state index contributed by atoms with van der Waals surface area (Å²) in [5.41, 5.74) is 0.776. The van der Waals surface area contributed by atoms with Gasteiger partial charge >= 0.3 is 0 Å². The zero-order chi connectivity index (χ0) is 14.8. The van der Waals surface area contributed by atoms with Crippen LogP contribution in [0.3, 0.4) is 0 Å². The topological polar surface area (TPSA) is 59.6 Å². The van der Waals surface area contributed by atoms with Crippen LogP contribution in [0.4, 0.5) is 5.69 Å². The molecule has 0 radical (unpaired) electrons. The predicted molar refractivity (Wildman–Crippen MR) is 80.2 cm³/mol. The van der Waals surface area contributed by atoms with Crippen molar-refractivity contribution in [2.75, 3.05) is 32.2 Å². The van der Waals surface area contributed by atoms with Gasteiger partial charge in [-0.2, -0.15) is 0 Å². The molecule has 2 N–H and O–H groups in total. The van der Waals surface area contributed by atoms with E-state index in [9.17, 15) is 4.79 Å². The molecule has 1 rings (SSSR count). The second-order valence-electron chi connectivity index (χ2n) is 4.58. The number of carbonyl (C=O) groups is 1. The lowest BCUT2D eigenvalue weighted by Gasteiger charge is -2.12. The highest BCUT2D eigenvalue weighted by molar-refractivity contribution is 5.91. The fourth-order valence-corrected chi connectivity index (χ4v) is 1.79. The average molecular weight is 280 g/mol. The Morgan fingerprint density at radius 3 is 2.55 bits per heavy atom. The second kappa shape index (κ2) is 9.34. The highest BCUT2D eigenvalue weighted by Crippen LogP contribution is 2.15. The van der Waals surface area contributed by atoms with Gasteiger partial charge in [0, 0.05) is 25.3 Å². The smallest absolute Gasteiger partial charge is 0.225 e. The molecule has 1 unspecified atom stereocenters. The SMILES string of the molecule is CCNC(C)CC(=O)Nc1ccc(OCCOC)cc1. The molecule has 0 spiro atoms. The molecule has 0 aliphatic heterocycles. The molecule has 0 saturated heterocycles. The number of hydrogen-bond acceptors (Lipinski definition) is 4. The van der Waals surface area contributed by atoms with Gasteiger partial charge in [0.1, 0.15) is 12.4 Å². The van der Waals surface area contributed by atoms with Crippen LogP contribution in [0, 0.1) is 0 Å². The number of carbonyl (C=O) groups excluding carboxylic acids is 1. The van der Waals surface area contributed by atoms with Crippen molar-refractivity contribution >= 4 is 11.6 Å². The summed E-state index contributed by atoms with van der Waals surface area (Å²) in [4.78, 5) is 11.8. The van der Waals surface area contributed by atoms with Crippen molar-refractivity contribution in [2.24, 2.45) is 0 Å². The van der Waals surface area contributed by atoms with Gasteiger partial charge in [0.25, 0.3) is 0 Å². The summed E-state index contributed by atoms with van der Waals surface area (Å²) in [6, 6.07) is 7.50. The molecule has 0 aliphatic carbocycles. The standard InChI is InChI=1S/C15H24N2O3/c1-4-16-12(2)11-15(18)17-13-5-7-14(8-6-13)20-10-9-19-3/h5-8,12,16H,4,9-11H2,1-3H3,(H,17,18). The molecule has 20 heavy (non-hydrogen) atoms. The Labute approximate surface area is 120 Å². The summed E-state index contributed by atoms with van der Waals surface area (Å²) in [5.74, 6) is 0.771. The first-order valence-corrected chi connectivity index (χ1v) is 6.90. The van der Waals surface area contributed by atoms with Crippen molar-refractivity contribution in [1.82, 2.24) is 5.32 Å². The van der Waals surface area contributed by atoms with Gasteiger partial charge in [0.15, 0.2) is 0 Å². The highest BCUT2D eigenvalue weighted by Gasteiger charge is 2.08. The summed E-state index contributed by atoms with van der Waals surface area (Å²) in [6.45, 7) is 5.96. The van der Waals surface area contributed by atoms with Crippen molar-refractivity contribution in [3.8, 4) is 5.75 Å². The van der Waals surface area contributed by atoms with Crippen LogP contribution in [0.5, 0.6) is 5.75 Å². The molecule has 5 nitrogen and oxygen atoms in total. The molecular weight excluding hydrogens is 256 g/mol. The number of methoxy groups -OCH3 is 1. The molecule has 1 aromatic rings. The number of hydrogen-bond donors (Lipinski definition) is 2. The molecule has 5 heteroatoms. The normalized spacial score (nSPS) is 11.9. The van der Waals surface area contributed by atoms with Crippen LogP contribution in [-0.4, -0.2) is 38.8 Å². The Balaban J connectivity index is 2.38. The lowest BCUT2D eigenvalue weighted by atomic mass is 10.2. The van der Waals surface area contributed by atoms with E-state index in [0.29, 0.717) is 19.6 Å². The van der Waals surface area contributed by atoms with E-state index in [1.807, 2.05) is 38.1 Å². The summed E-state index contributed by atoms with van der Waals surface area (Å²) in [7, 11) is 1.64. The van der Waals surface area contributed by atoms with Crippen molar-refractivity contribution in [1.29, 1.82) is 0 Å². The molecule has 1 amide bonds. The summed E-state index contributed by atoms with van der Waals surface area (Å²) in [5, 5.41) is 6.07. The number of benzene rings is 1. The Hall–Kier alpha value is -1.59. The van der Waals surface area contributed by atoms with E-state index in [-0.39, 0.29) is 11.9 Å². The minimum atomic E-state index is 0.00602. The van der Waals surface area contributed by atoms with Gasteiger partial charge in [-0.25, -0.2) is 0 Å². The van der Waals surface area contributed by atoms with E-state index in [2.05, 4.69) is 10.6 Å². The van der Waals surface area contributed by atoms with Crippen molar-refractivity contribution in [2.45, 2.75) is 26.3 Å². The molecule has 1 atom stereocenters. The van der Waals surface area contributed by atoms with Gasteiger partial charge in [-0.15, -0.1) is 0 Å². The van der Waals surface area contributed by atoms with Crippen molar-refractivity contribution < 1.29 is 14.3 Å². The first kappa shape index (κ1) is 16.5. The van der Waals surface area contributed by atoms with Crippen LogP contribution in [0.2, 0.25) is 0 Å². The number of anilines is 1. The number of rotatable bonds is 9. The Bertz CT molecular complexity index is 393. The van der Waals surface area contributed by atoms with Crippen molar-refractivity contribution in [3.05, 3.63) is 24.3 Å². The van der Waals surface area contributed by atoms with Crippen molar-refractivity contribution in [3.63, 3.8) is 0 Å². The zero-order valence-corrected chi connectivity index (χ0v) is 12.4. The third-order valence-corrected chi connectivity index (χ3v) is 2.74. The fourth-order valence-electron chi connectivity index (χ4n) is 1.79. The van der Waals surface area contributed by atoms with Crippen LogP contribution >= 0.6 is 0 Å². The van der Waals surface area contributed by atoms with E-state index in [0.717, 1.165) is 18.0 Å². The third kappa shape index (κ3) is 6.54. The first-order valence-electron chi connectivity index (χ1n) is 6.90. The second-order valence-corrected chi connectivity index (χ2v) is 4.58. The molecule has 0 heterocycles. The van der Waals surface area contributed by atoms with E-state index in [1.165, 1.54) is 0 Å². The summed E-state index contributed by atoms with van der Waals surface area (Å²) >= 11 is 0. The predicted octanol–water partition coefficient (Wildman–Crippen LogP) is 2.04. The van der Waals surface area contributed by atoms with Gasteiger partial charge in [0.05, 0.1) is 6.61 Å². The van der Waals surface area contributed by atoms with Gasteiger partial charge in [-0.1, -0.05) is 6.92 Å². The first-order chi connectivity index (χ1) is 9.65. The van der Waals surface area contributed by atoms with Crippen LogP contribution in [0.15, 0.2) is 24.3 Å². The highest BCUT2D eigenvalue weighted by atomic mass is 16.5. The quantitative estimate of drug-likeness (QED) is 0.680. The molecule has 112 valence electrons. The van der Waals surface area contributed by atoms with E-state index in [4.69, 9.17) is 9.47 Å². The Kier molecular flexibility index (Phi) is 7.69. The molecule has 0 bridgehead atoms. The summed E-state index contributed by atoms with van der Waals surface area (Å²) < 4.78 is 10.4. The van der Waals surface area contributed by atoms with Gasteiger partial charge in [-0.3, -0.25) is 4.79 Å². The monoisotopic (exact) mass is 280 g/mol. The molecule has 0 saturated carbocycles. The Morgan fingerprint density at radius 2 is 1.95 bits per heavy atom. The molecular formula is C15H24N2O3. The van der Waals surface area contributed by atoms with Gasteiger partial charge < -0.3 is 20.1 Å². The minimum Gasteiger partial charge on any atom is -0.491 e. The third-order valence-electron chi connectivity index (χ3n) is 2.74.